The summed E-state index contributed by atoms with van der Waals surface area (Å²) in [6.07, 6.45) is 4.88. The molecule has 1 aliphatic carbocycles. The minimum atomic E-state index is -0.163. The summed E-state index contributed by atoms with van der Waals surface area (Å²) >= 11 is 0. The highest BCUT2D eigenvalue weighted by atomic mass is 16.3. The van der Waals surface area contributed by atoms with Gasteiger partial charge in [-0.2, -0.15) is 5.26 Å². The van der Waals surface area contributed by atoms with Crippen LogP contribution in [0.2, 0.25) is 0 Å². The molecule has 1 heterocycles. The van der Waals surface area contributed by atoms with Gasteiger partial charge in [0, 0.05) is 12.2 Å². The maximum Gasteiger partial charge on any atom is 0.224 e. The van der Waals surface area contributed by atoms with Crippen LogP contribution in [0.15, 0.2) is 12.3 Å². The Kier molecular flexibility index (Phi) is 3.32. The topological polar surface area (TPSA) is 81.8 Å². The Morgan fingerprint density at radius 3 is 2.81 bits per heavy atom. The van der Waals surface area contributed by atoms with Gasteiger partial charge in [-0.25, -0.2) is 9.97 Å². The number of nitrogens with one attached hydrogen (secondary N) is 1. The Labute approximate surface area is 94.2 Å². The molecule has 0 aliphatic heterocycles. The van der Waals surface area contributed by atoms with Crippen LogP contribution < -0.4 is 5.32 Å². The number of hydrogen-bond acceptors (Lipinski definition) is 5. The molecule has 0 spiro atoms. The predicted octanol–water partition coefficient (Wildman–Crippen LogP) is 1.06. The van der Waals surface area contributed by atoms with E-state index in [1.54, 1.807) is 12.3 Å². The molecule has 5 heteroatoms. The standard InChI is InChI=1S/C11H14N4O/c12-7-9-5-6-13-11(15-9)14-8-1-3-10(16)4-2-8/h5-6,8,10,16H,1-4H2,(H,13,14,15)/t8-,10+. The summed E-state index contributed by atoms with van der Waals surface area (Å²) in [5.41, 5.74) is 0.369. The van der Waals surface area contributed by atoms with Crippen LogP contribution in [0.25, 0.3) is 0 Å². The van der Waals surface area contributed by atoms with Gasteiger partial charge in [-0.3, -0.25) is 0 Å². The molecule has 0 radical (unpaired) electrons. The molecule has 1 aromatic heterocycles. The molecule has 2 rings (SSSR count). The van der Waals surface area contributed by atoms with Crippen molar-refractivity contribution in [1.82, 2.24) is 9.97 Å². The number of aliphatic hydroxyl groups is 1. The van der Waals surface area contributed by atoms with Crippen molar-refractivity contribution in [1.29, 1.82) is 5.26 Å². The van der Waals surface area contributed by atoms with Crippen LogP contribution in [0.1, 0.15) is 31.4 Å². The third-order valence-electron chi connectivity index (χ3n) is 2.80. The molecular weight excluding hydrogens is 204 g/mol. The molecule has 84 valence electrons. The second-order valence-electron chi connectivity index (χ2n) is 4.03. The SMILES string of the molecule is N#Cc1ccnc(N[C@H]2CC[C@@H](O)CC2)n1. The summed E-state index contributed by atoms with van der Waals surface area (Å²) in [6.45, 7) is 0. The summed E-state index contributed by atoms with van der Waals surface area (Å²) in [5.74, 6) is 0.500. The van der Waals surface area contributed by atoms with Crippen molar-refractivity contribution >= 4 is 5.95 Å². The van der Waals surface area contributed by atoms with Gasteiger partial charge in [0.05, 0.1) is 6.10 Å². The largest absolute Gasteiger partial charge is 0.393 e. The molecular formula is C11H14N4O. The van der Waals surface area contributed by atoms with Gasteiger partial charge in [0.25, 0.3) is 0 Å². The molecule has 1 aliphatic rings. The highest BCUT2D eigenvalue weighted by molar-refractivity contribution is 5.31. The summed E-state index contributed by atoms with van der Waals surface area (Å²) < 4.78 is 0. The molecule has 0 amide bonds. The first-order valence-corrected chi connectivity index (χ1v) is 5.45. The Morgan fingerprint density at radius 2 is 2.12 bits per heavy atom. The van der Waals surface area contributed by atoms with Gasteiger partial charge in [0.2, 0.25) is 5.95 Å². The number of aliphatic hydroxyl groups excluding tert-OH is 1. The van der Waals surface area contributed by atoms with Crippen molar-refractivity contribution in [3.05, 3.63) is 18.0 Å². The van der Waals surface area contributed by atoms with Gasteiger partial charge in [-0.15, -0.1) is 0 Å². The number of anilines is 1. The number of rotatable bonds is 2. The fourth-order valence-corrected chi connectivity index (χ4v) is 1.89. The summed E-state index contributed by atoms with van der Waals surface area (Å²) in [4.78, 5) is 8.12. The van der Waals surface area contributed by atoms with E-state index >= 15 is 0 Å². The van der Waals surface area contributed by atoms with E-state index in [1.807, 2.05) is 6.07 Å². The first-order valence-electron chi connectivity index (χ1n) is 5.45. The maximum atomic E-state index is 9.37. The van der Waals surface area contributed by atoms with Crippen LogP contribution in [0.3, 0.4) is 0 Å². The number of aromatic nitrogens is 2. The molecule has 1 aromatic rings. The van der Waals surface area contributed by atoms with Crippen molar-refractivity contribution in [2.75, 3.05) is 5.32 Å². The molecule has 0 aromatic carbocycles. The maximum absolute atomic E-state index is 9.37. The number of nitriles is 1. The van der Waals surface area contributed by atoms with Crippen LogP contribution in [0, 0.1) is 11.3 Å². The van der Waals surface area contributed by atoms with Crippen molar-refractivity contribution in [2.24, 2.45) is 0 Å². The van der Waals surface area contributed by atoms with Gasteiger partial charge < -0.3 is 10.4 Å². The number of nitrogens with zero attached hydrogens (tertiary/aromatic N) is 3. The Hall–Kier alpha value is -1.67. The normalized spacial score (nSPS) is 24.8. The summed E-state index contributed by atoms with van der Waals surface area (Å²) in [5, 5.41) is 21.3. The lowest BCUT2D eigenvalue weighted by atomic mass is 9.93. The van der Waals surface area contributed by atoms with Gasteiger partial charge in [-0.1, -0.05) is 0 Å². The van der Waals surface area contributed by atoms with Crippen molar-refractivity contribution in [2.45, 2.75) is 37.8 Å². The van der Waals surface area contributed by atoms with Crippen LogP contribution >= 0.6 is 0 Å². The second kappa shape index (κ2) is 4.90. The molecule has 1 fully saturated rings. The van der Waals surface area contributed by atoms with E-state index in [1.165, 1.54) is 0 Å². The van der Waals surface area contributed by atoms with E-state index in [2.05, 4.69) is 15.3 Å². The minimum absolute atomic E-state index is 0.163. The van der Waals surface area contributed by atoms with Gasteiger partial charge in [0.1, 0.15) is 11.8 Å². The fraction of sp³-hybridized carbons (Fsp3) is 0.545. The molecule has 0 bridgehead atoms. The van der Waals surface area contributed by atoms with Gasteiger partial charge in [-0.05, 0) is 31.7 Å². The van der Waals surface area contributed by atoms with Crippen molar-refractivity contribution < 1.29 is 5.11 Å². The van der Waals surface area contributed by atoms with Gasteiger partial charge in [0.15, 0.2) is 0 Å². The van der Waals surface area contributed by atoms with E-state index in [9.17, 15) is 5.11 Å². The highest BCUT2D eigenvalue weighted by Crippen LogP contribution is 2.20. The quantitative estimate of drug-likeness (QED) is 0.775. The second-order valence-corrected chi connectivity index (χ2v) is 4.03. The van der Waals surface area contributed by atoms with Crippen LogP contribution in [-0.4, -0.2) is 27.2 Å². The summed E-state index contributed by atoms with van der Waals surface area (Å²) in [7, 11) is 0. The molecule has 1 saturated carbocycles. The van der Waals surface area contributed by atoms with E-state index in [-0.39, 0.29) is 6.10 Å². The van der Waals surface area contributed by atoms with Crippen molar-refractivity contribution in [3.8, 4) is 6.07 Å². The lowest BCUT2D eigenvalue weighted by Crippen LogP contribution is -2.28. The summed E-state index contributed by atoms with van der Waals surface area (Å²) in [6, 6.07) is 3.86. The number of hydrogen-bond donors (Lipinski definition) is 2. The molecule has 0 saturated heterocycles. The average Bonchev–Trinajstić information content (AvgIpc) is 2.32. The Balaban J connectivity index is 1.96. The van der Waals surface area contributed by atoms with E-state index < -0.39 is 0 Å². The minimum Gasteiger partial charge on any atom is -0.393 e. The highest BCUT2D eigenvalue weighted by Gasteiger charge is 2.19. The van der Waals surface area contributed by atoms with Crippen LogP contribution in [-0.2, 0) is 0 Å². The zero-order valence-electron chi connectivity index (χ0n) is 8.93. The zero-order valence-corrected chi connectivity index (χ0v) is 8.93. The smallest absolute Gasteiger partial charge is 0.224 e. The fourth-order valence-electron chi connectivity index (χ4n) is 1.89. The van der Waals surface area contributed by atoms with Gasteiger partial charge >= 0.3 is 0 Å². The molecule has 0 atom stereocenters. The zero-order chi connectivity index (χ0) is 11.4. The third-order valence-corrected chi connectivity index (χ3v) is 2.80. The van der Waals surface area contributed by atoms with E-state index in [0.717, 1.165) is 25.7 Å². The third kappa shape index (κ3) is 2.67. The van der Waals surface area contributed by atoms with Crippen LogP contribution in [0.4, 0.5) is 5.95 Å². The Morgan fingerprint density at radius 1 is 1.38 bits per heavy atom. The van der Waals surface area contributed by atoms with Crippen LogP contribution in [0.5, 0.6) is 0 Å². The first-order chi connectivity index (χ1) is 7.78. The lowest BCUT2D eigenvalue weighted by molar-refractivity contribution is 0.126. The van der Waals surface area contributed by atoms with Crippen molar-refractivity contribution in [3.63, 3.8) is 0 Å². The molecule has 0 unspecified atom stereocenters. The predicted molar refractivity (Wildman–Crippen MR) is 58.6 cm³/mol. The van der Waals surface area contributed by atoms with E-state index in [0.29, 0.717) is 17.7 Å². The Bertz CT molecular complexity index is 393. The first kappa shape index (κ1) is 10.8. The average molecular weight is 218 g/mol. The monoisotopic (exact) mass is 218 g/mol. The van der Waals surface area contributed by atoms with E-state index in [4.69, 9.17) is 5.26 Å². The molecule has 2 N–H and O–H groups in total. The molecule has 5 nitrogen and oxygen atoms in total. The lowest BCUT2D eigenvalue weighted by Gasteiger charge is -2.26. The molecule has 16 heavy (non-hydrogen) atoms.